The highest BCUT2D eigenvalue weighted by Gasteiger charge is 1.99. The average Bonchev–Trinajstić information content (AvgIpc) is 2.33. The van der Waals surface area contributed by atoms with Crippen molar-refractivity contribution in [3.63, 3.8) is 0 Å². The number of hydrogen-bond acceptors (Lipinski definition) is 0. The molecule has 0 amide bonds. The summed E-state index contributed by atoms with van der Waals surface area (Å²) in [6, 6.07) is 18.4. The van der Waals surface area contributed by atoms with Gasteiger partial charge in [0, 0.05) is 8.96 Å². The molecule has 2 rings (SSSR count). The first kappa shape index (κ1) is 11.6. The SMILES string of the molecule is Br/C(=C\c1ccccc1Br)c1ccccc1. The fourth-order valence-electron chi connectivity index (χ4n) is 1.41. The Morgan fingerprint density at radius 1 is 0.875 bits per heavy atom. The Labute approximate surface area is 112 Å². The van der Waals surface area contributed by atoms with Crippen molar-refractivity contribution in [1.82, 2.24) is 0 Å². The van der Waals surface area contributed by atoms with Gasteiger partial charge in [-0.3, -0.25) is 0 Å². The molecule has 0 unspecified atom stereocenters. The molecule has 16 heavy (non-hydrogen) atoms. The Morgan fingerprint density at radius 2 is 1.50 bits per heavy atom. The van der Waals surface area contributed by atoms with Crippen molar-refractivity contribution in [3.8, 4) is 0 Å². The Balaban J connectivity index is 2.36. The van der Waals surface area contributed by atoms with Crippen molar-refractivity contribution in [3.05, 3.63) is 70.2 Å². The van der Waals surface area contributed by atoms with Crippen molar-refractivity contribution in [2.45, 2.75) is 0 Å². The zero-order valence-corrected chi connectivity index (χ0v) is 11.7. The van der Waals surface area contributed by atoms with Crippen LogP contribution in [0, 0.1) is 0 Å². The van der Waals surface area contributed by atoms with E-state index in [9.17, 15) is 0 Å². The van der Waals surface area contributed by atoms with Gasteiger partial charge in [0.1, 0.15) is 0 Å². The lowest BCUT2D eigenvalue weighted by atomic mass is 10.1. The van der Waals surface area contributed by atoms with Crippen LogP contribution in [0.3, 0.4) is 0 Å². The minimum Gasteiger partial charge on any atom is -0.0622 e. The molecule has 2 heteroatoms. The molecule has 2 aromatic carbocycles. The summed E-state index contributed by atoms with van der Waals surface area (Å²) in [4.78, 5) is 0. The molecule has 0 aliphatic heterocycles. The van der Waals surface area contributed by atoms with Gasteiger partial charge in [-0.1, -0.05) is 80.4 Å². The predicted octanol–water partition coefficient (Wildman–Crippen LogP) is 5.34. The summed E-state index contributed by atoms with van der Waals surface area (Å²) in [6.07, 6.45) is 2.11. The monoisotopic (exact) mass is 336 g/mol. The molecule has 2 aromatic rings. The van der Waals surface area contributed by atoms with Gasteiger partial charge in [-0.25, -0.2) is 0 Å². The molecule has 0 fully saturated rings. The van der Waals surface area contributed by atoms with Crippen LogP contribution in [0.15, 0.2) is 59.1 Å². The van der Waals surface area contributed by atoms with Crippen molar-refractivity contribution in [2.75, 3.05) is 0 Å². The van der Waals surface area contributed by atoms with Crippen LogP contribution in [0.4, 0.5) is 0 Å². The van der Waals surface area contributed by atoms with Crippen LogP contribution in [-0.4, -0.2) is 0 Å². The molecule has 0 aliphatic rings. The highest BCUT2D eigenvalue weighted by molar-refractivity contribution is 9.15. The lowest BCUT2D eigenvalue weighted by molar-refractivity contribution is 1.60. The fraction of sp³-hybridized carbons (Fsp3) is 0. The van der Waals surface area contributed by atoms with Crippen LogP contribution >= 0.6 is 31.9 Å². The van der Waals surface area contributed by atoms with Crippen molar-refractivity contribution in [1.29, 1.82) is 0 Å². The quantitative estimate of drug-likeness (QED) is 0.648. The van der Waals surface area contributed by atoms with Gasteiger partial charge in [0.2, 0.25) is 0 Å². The molecule has 0 saturated heterocycles. The van der Waals surface area contributed by atoms with Gasteiger partial charge in [0.05, 0.1) is 0 Å². The Morgan fingerprint density at radius 3 is 2.19 bits per heavy atom. The molecule has 80 valence electrons. The molecule has 0 nitrogen and oxygen atoms in total. The normalized spacial score (nSPS) is 11.5. The third kappa shape index (κ3) is 2.83. The summed E-state index contributed by atoms with van der Waals surface area (Å²) in [6.45, 7) is 0. The number of halogens is 2. The third-order valence-corrected chi connectivity index (χ3v) is 3.65. The predicted molar refractivity (Wildman–Crippen MR) is 77.4 cm³/mol. The van der Waals surface area contributed by atoms with Gasteiger partial charge >= 0.3 is 0 Å². The number of rotatable bonds is 2. The Kier molecular flexibility index (Phi) is 3.97. The topological polar surface area (TPSA) is 0 Å². The zero-order valence-electron chi connectivity index (χ0n) is 8.53. The highest BCUT2D eigenvalue weighted by Crippen LogP contribution is 2.26. The third-order valence-electron chi connectivity index (χ3n) is 2.24. The standard InChI is InChI=1S/C14H10Br2/c15-13-9-5-4-8-12(13)10-14(16)11-6-2-1-3-7-11/h1-10H/b14-10-. The second kappa shape index (κ2) is 5.46. The maximum Gasteiger partial charge on any atom is 0.0254 e. The molecule has 0 N–H and O–H groups in total. The Hall–Kier alpha value is -0.860. The van der Waals surface area contributed by atoms with Gasteiger partial charge in [0.25, 0.3) is 0 Å². The lowest BCUT2D eigenvalue weighted by Crippen LogP contribution is -1.78. The van der Waals surface area contributed by atoms with Gasteiger partial charge < -0.3 is 0 Å². The van der Waals surface area contributed by atoms with Crippen LogP contribution < -0.4 is 0 Å². The molecule has 0 bridgehead atoms. The van der Waals surface area contributed by atoms with E-state index in [1.807, 2.05) is 36.4 Å². The molecule has 0 aliphatic carbocycles. The van der Waals surface area contributed by atoms with Crippen molar-refractivity contribution in [2.24, 2.45) is 0 Å². The molecule has 0 radical (unpaired) electrons. The lowest BCUT2D eigenvalue weighted by Gasteiger charge is -2.01. The highest BCUT2D eigenvalue weighted by atomic mass is 79.9. The minimum absolute atomic E-state index is 1.08. The number of hydrogen-bond donors (Lipinski definition) is 0. The van der Waals surface area contributed by atoms with E-state index in [1.54, 1.807) is 0 Å². The van der Waals surface area contributed by atoms with Crippen LogP contribution in [-0.2, 0) is 0 Å². The fourth-order valence-corrected chi connectivity index (χ4v) is 2.32. The minimum atomic E-state index is 1.08. The van der Waals surface area contributed by atoms with Crippen LogP contribution in [0.1, 0.15) is 11.1 Å². The molecular formula is C14H10Br2. The van der Waals surface area contributed by atoms with E-state index in [0.717, 1.165) is 8.96 Å². The molecule has 0 heterocycles. The van der Waals surface area contributed by atoms with Gasteiger partial charge in [-0.15, -0.1) is 0 Å². The Bertz CT molecular complexity index is 501. The van der Waals surface area contributed by atoms with E-state index in [-0.39, 0.29) is 0 Å². The summed E-state index contributed by atoms with van der Waals surface area (Å²) in [5.41, 5.74) is 2.34. The van der Waals surface area contributed by atoms with Crippen LogP contribution in [0.2, 0.25) is 0 Å². The summed E-state index contributed by atoms with van der Waals surface area (Å²) in [7, 11) is 0. The van der Waals surface area contributed by atoms with Gasteiger partial charge in [-0.2, -0.15) is 0 Å². The summed E-state index contributed by atoms with van der Waals surface area (Å²) in [5.74, 6) is 0. The molecule has 0 aromatic heterocycles. The summed E-state index contributed by atoms with van der Waals surface area (Å²) < 4.78 is 2.18. The number of benzene rings is 2. The summed E-state index contributed by atoms with van der Waals surface area (Å²) >= 11 is 7.13. The molecule has 0 spiro atoms. The molecular weight excluding hydrogens is 328 g/mol. The van der Waals surface area contributed by atoms with E-state index in [2.05, 4.69) is 56.1 Å². The van der Waals surface area contributed by atoms with Crippen molar-refractivity contribution < 1.29 is 0 Å². The maximum atomic E-state index is 3.60. The zero-order chi connectivity index (χ0) is 11.4. The van der Waals surface area contributed by atoms with Gasteiger partial charge in [0.15, 0.2) is 0 Å². The van der Waals surface area contributed by atoms with Crippen LogP contribution in [0.5, 0.6) is 0 Å². The maximum absolute atomic E-state index is 3.60. The molecule has 0 atom stereocenters. The van der Waals surface area contributed by atoms with E-state index < -0.39 is 0 Å². The summed E-state index contributed by atoms with van der Waals surface area (Å²) in [5, 5.41) is 0. The second-order valence-corrected chi connectivity index (χ2v) is 5.09. The van der Waals surface area contributed by atoms with Crippen molar-refractivity contribution >= 4 is 42.4 Å². The first-order chi connectivity index (χ1) is 7.77. The van der Waals surface area contributed by atoms with E-state index in [1.165, 1.54) is 11.1 Å². The van der Waals surface area contributed by atoms with E-state index in [0.29, 0.717) is 0 Å². The smallest absolute Gasteiger partial charge is 0.0254 e. The largest absolute Gasteiger partial charge is 0.0622 e. The second-order valence-electron chi connectivity index (χ2n) is 3.38. The van der Waals surface area contributed by atoms with Crippen LogP contribution in [0.25, 0.3) is 10.6 Å². The average molecular weight is 338 g/mol. The van der Waals surface area contributed by atoms with E-state index >= 15 is 0 Å². The first-order valence-electron chi connectivity index (χ1n) is 4.94. The first-order valence-corrected chi connectivity index (χ1v) is 6.53. The van der Waals surface area contributed by atoms with E-state index in [4.69, 9.17) is 0 Å². The molecule has 0 saturated carbocycles. The van der Waals surface area contributed by atoms with Gasteiger partial charge in [-0.05, 0) is 23.3 Å².